The molecule has 6 heteroatoms. The van der Waals surface area contributed by atoms with Crippen molar-refractivity contribution in [1.29, 1.82) is 0 Å². The van der Waals surface area contributed by atoms with Gasteiger partial charge in [-0.2, -0.15) is 0 Å². The molecule has 0 aliphatic carbocycles. The van der Waals surface area contributed by atoms with Gasteiger partial charge in [-0.05, 0) is 25.0 Å². The fourth-order valence-corrected chi connectivity index (χ4v) is 2.82. The second-order valence-corrected chi connectivity index (χ2v) is 4.95. The molecule has 21 heavy (non-hydrogen) atoms. The number of carbonyl (C=O) groups is 2. The first-order valence-corrected chi connectivity index (χ1v) is 6.79. The Labute approximate surface area is 123 Å². The number of carbonyl (C=O) groups excluding carboxylic acids is 1. The zero-order valence-corrected chi connectivity index (χ0v) is 12.2. The third-order valence-corrected chi connectivity index (χ3v) is 3.91. The third-order valence-electron chi connectivity index (χ3n) is 3.91. The van der Waals surface area contributed by atoms with Gasteiger partial charge in [-0.1, -0.05) is 12.1 Å². The smallest absolute Gasteiger partial charge is 0.409 e. The van der Waals surface area contributed by atoms with Gasteiger partial charge in [0.15, 0.2) is 5.72 Å². The van der Waals surface area contributed by atoms with Crippen LogP contribution in [0.4, 0.5) is 4.79 Å². The minimum absolute atomic E-state index is 0.421. The van der Waals surface area contributed by atoms with Crippen LogP contribution < -0.4 is 0 Å². The van der Waals surface area contributed by atoms with Crippen LogP contribution in [-0.2, 0) is 15.2 Å². The van der Waals surface area contributed by atoms with Gasteiger partial charge in [0.05, 0.1) is 12.7 Å². The Morgan fingerprint density at radius 3 is 2.38 bits per heavy atom. The predicted octanol–water partition coefficient (Wildman–Crippen LogP) is 2.44. The second-order valence-electron chi connectivity index (χ2n) is 4.95. The van der Waals surface area contributed by atoms with Crippen LogP contribution in [-0.4, -0.2) is 42.8 Å². The minimum atomic E-state index is -1.01. The van der Waals surface area contributed by atoms with Crippen LogP contribution in [0.1, 0.15) is 35.2 Å². The maximum absolute atomic E-state index is 11.5. The quantitative estimate of drug-likeness (QED) is 0.866. The van der Waals surface area contributed by atoms with Crippen LogP contribution in [0.15, 0.2) is 24.3 Å². The predicted molar refractivity (Wildman–Crippen MR) is 75.1 cm³/mol. The molecule has 1 aliphatic heterocycles. The largest absolute Gasteiger partial charge is 0.465 e. The van der Waals surface area contributed by atoms with Crippen LogP contribution in [0.5, 0.6) is 0 Å². The summed E-state index contributed by atoms with van der Waals surface area (Å²) < 4.78 is 10.3. The third kappa shape index (κ3) is 2.71. The Bertz CT molecular complexity index is 527. The summed E-state index contributed by atoms with van der Waals surface area (Å²) in [5.74, 6) is -0.424. The lowest BCUT2D eigenvalue weighted by Gasteiger charge is -2.44. The molecule has 0 bridgehead atoms. The topological polar surface area (TPSA) is 76.1 Å². The van der Waals surface area contributed by atoms with Crippen molar-refractivity contribution in [3.63, 3.8) is 0 Å². The molecule has 0 saturated carbocycles. The Kier molecular flexibility index (Phi) is 4.47. The maximum atomic E-state index is 11.5. The molecule has 2 rings (SSSR count). The van der Waals surface area contributed by atoms with E-state index >= 15 is 0 Å². The average molecular weight is 293 g/mol. The molecule has 6 nitrogen and oxygen atoms in total. The molecule has 1 aliphatic rings. The molecular weight excluding hydrogens is 274 g/mol. The lowest BCUT2D eigenvalue weighted by atomic mass is 9.90. The van der Waals surface area contributed by atoms with E-state index in [0.717, 1.165) is 18.4 Å². The number of hydrogen-bond donors (Lipinski definition) is 1. The number of rotatable bonds is 3. The van der Waals surface area contributed by atoms with Gasteiger partial charge >= 0.3 is 12.1 Å². The Hall–Kier alpha value is -2.08. The number of ether oxygens (including phenoxy) is 2. The summed E-state index contributed by atoms with van der Waals surface area (Å²) >= 11 is 0. The molecular formula is C15H19NO5. The molecule has 1 N–H and O–H groups in total. The second kappa shape index (κ2) is 6.13. The number of likely N-dealkylation sites (tertiary alicyclic amines) is 1. The van der Waals surface area contributed by atoms with Gasteiger partial charge in [0.1, 0.15) is 0 Å². The minimum Gasteiger partial charge on any atom is -0.465 e. The first-order chi connectivity index (χ1) is 10.0. The average Bonchev–Trinajstić information content (AvgIpc) is 2.54. The fraction of sp³-hybridized carbons (Fsp3) is 0.467. The van der Waals surface area contributed by atoms with Crippen LogP contribution in [0.3, 0.4) is 0 Å². The van der Waals surface area contributed by atoms with E-state index in [1.165, 1.54) is 19.1 Å². The number of piperidine rings is 1. The molecule has 1 aromatic rings. The first-order valence-electron chi connectivity index (χ1n) is 6.79. The summed E-state index contributed by atoms with van der Waals surface area (Å²) in [7, 11) is 2.83. The molecule has 0 spiro atoms. The molecule has 1 fully saturated rings. The summed E-state index contributed by atoms with van der Waals surface area (Å²) in [6.07, 6.45) is 1.29. The number of methoxy groups -OCH3 is 2. The van der Waals surface area contributed by atoms with Gasteiger partial charge < -0.3 is 14.6 Å². The Morgan fingerprint density at radius 2 is 1.86 bits per heavy atom. The van der Waals surface area contributed by atoms with E-state index < -0.39 is 17.8 Å². The lowest BCUT2D eigenvalue weighted by molar-refractivity contribution is -0.147. The van der Waals surface area contributed by atoms with Crippen LogP contribution >= 0.6 is 0 Å². The van der Waals surface area contributed by atoms with E-state index in [9.17, 15) is 14.7 Å². The van der Waals surface area contributed by atoms with Crippen molar-refractivity contribution in [3.8, 4) is 0 Å². The summed E-state index contributed by atoms with van der Waals surface area (Å²) in [6, 6.07) is 6.68. The van der Waals surface area contributed by atoms with Crippen LogP contribution in [0.25, 0.3) is 0 Å². The van der Waals surface area contributed by atoms with Crippen molar-refractivity contribution < 1.29 is 24.2 Å². The van der Waals surface area contributed by atoms with E-state index in [1.54, 1.807) is 24.3 Å². The van der Waals surface area contributed by atoms with Crippen LogP contribution in [0.2, 0.25) is 0 Å². The van der Waals surface area contributed by atoms with Gasteiger partial charge in [-0.15, -0.1) is 0 Å². The van der Waals surface area contributed by atoms with Crippen molar-refractivity contribution in [2.24, 2.45) is 0 Å². The highest BCUT2D eigenvalue weighted by Crippen LogP contribution is 2.38. The van der Waals surface area contributed by atoms with E-state index in [-0.39, 0.29) is 0 Å². The number of amides is 1. The van der Waals surface area contributed by atoms with E-state index in [4.69, 9.17) is 4.74 Å². The number of benzene rings is 1. The maximum Gasteiger partial charge on any atom is 0.409 e. The van der Waals surface area contributed by atoms with Gasteiger partial charge in [0, 0.05) is 25.6 Å². The van der Waals surface area contributed by atoms with E-state index in [2.05, 4.69) is 4.74 Å². The Balaban J connectivity index is 2.39. The van der Waals surface area contributed by atoms with Gasteiger partial charge in [-0.3, -0.25) is 4.90 Å². The van der Waals surface area contributed by atoms with Gasteiger partial charge in [0.2, 0.25) is 0 Å². The number of esters is 1. The highest BCUT2D eigenvalue weighted by Gasteiger charge is 2.43. The van der Waals surface area contributed by atoms with E-state index in [1.807, 2.05) is 0 Å². The van der Waals surface area contributed by atoms with Gasteiger partial charge in [-0.25, -0.2) is 9.59 Å². The molecule has 114 valence electrons. The highest BCUT2D eigenvalue weighted by atomic mass is 16.5. The highest BCUT2D eigenvalue weighted by molar-refractivity contribution is 5.89. The molecule has 1 unspecified atom stereocenters. The summed E-state index contributed by atoms with van der Waals surface area (Å²) in [5.41, 5.74) is 0.156. The lowest BCUT2D eigenvalue weighted by Crippen LogP contribution is -2.53. The van der Waals surface area contributed by atoms with Crippen molar-refractivity contribution >= 4 is 12.1 Å². The summed E-state index contributed by atoms with van der Waals surface area (Å²) in [5, 5.41) is 9.42. The van der Waals surface area contributed by atoms with Crippen molar-refractivity contribution in [3.05, 3.63) is 35.4 Å². The first kappa shape index (κ1) is 15.3. The molecule has 0 aromatic heterocycles. The molecule has 1 aromatic carbocycles. The Morgan fingerprint density at radius 1 is 1.19 bits per heavy atom. The van der Waals surface area contributed by atoms with Gasteiger partial charge in [0.25, 0.3) is 0 Å². The standard InChI is InChI=1S/C15H19NO5/c1-20-13(17)11-5-7-12(8-6-11)15(21-2)9-3-4-10-16(15)14(18)19/h5-8H,3-4,9-10H2,1-2H3,(H,18,19). The van der Waals surface area contributed by atoms with Crippen molar-refractivity contribution in [2.45, 2.75) is 25.0 Å². The fourth-order valence-electron chi connectivity index (χ4n) is 2.82. The van der Waals surface area contributed by atoms with Crippen molar-refractivity contribution in [2.75, 3.05) is 20.8 Å². The molecule has 1 atom stereocenters. The monoisotopic (exact) mass is 293 g/mol. The SMILES string of the molecule is COC(=O)c1ccc(C2(OC)CCCCN2C(=O)O)cc1. The number of hydrogen-bond acceptors (Lipinski definition) is 4. The molecule has 1 heterocycles. The summed E-state index contributed by atoms with van der Waals surface area (Å²) in [4.78, 5) is 24.3. The van der Waals surface area contributed by atoms with Crippen molar-refractivity contribution in [1.82, 2.24) is 4.90 Å². The molecule has 1 amide bonds. The number of carboxylic acid groups (broad SMARTS) is 1. The zero-order valence-electron chi connectivity index (χ0n) is 12.2. The normalized spacial score (nSPS) is 21.9. The van der Waals surface area contributed by atoms with Crippen LogP contribution in [0, 0.1) is 0 Å². The molecule has 1 saturated heterocycles. The molecule has 0 radical (unpaired) electrons. The zero-order chi connectivity index (χ0) is 15.5. The van der Waals surface area contributed by atoms with E-state index in [0.29, 0.717) is 18.5 Å². The number of nitrogens with zero attached hydrogens (tertiary/aromatic N) is 1. The summed E-state index contributed by atoms with van der Waals surface area (Å²) in [6.45, 7) is 0.432.